The minimum Gasteiger partial charge on any atom is -0.349 e. The lowest BCUT2D eigenvalue weighted by atomic mass is 9.98. The van der Waals surface area contributed by atoms with Crippen molar-refractivity contribution in [1.29, 1.82) is 0 Å². The predicted molar refractivity (Wildman–Crippen MR) is 85.9 cm³/mol. The molecule has 2 rings (SSSR count). The second kappa shape index (κ2) is 8.08. The van der Waals surface area contributed by atoms with Gasteiger partial charge in [0.05, 0.1) is 12.0 Å². The zero-order valence-corrected chi connectivity index (χ0v) is 13.6. The van der Waals surface area contributed by atoms with Gasteiger partial charge in [-0.15, -0.1) is 12.4 Å². The third kappa shape index (κ3) is 4.52. The van der Waals surface area contributed by atoms with Crippen LogP contribution in [0.2, 0.25) is 10.0 Å². The lowest BCUT2D eigenvalue weighted by molar-refractivity contribution is -0.126. The highest BCUT2D eigenvalue weighted by molar-refractivity contribution is 6.35. The number of amides is 1. The summed E-state index contributed by atoms with van der Waals surface area (Å²) in [6.07, 6.45) is 1.99. The average molecular weight is 338 g/mol. The van der Waals surface area contributed by atoms with Crippen molar-refractivity contribution in [3.63, 3.8) is 0 Å². The van der Waals surface area contributed by atoms with Crippen LogP contribution in [-0.2, 0) is 4.79 Å². The first-order valence-corrected chi connectivity index (χ1v) is 7.29. The Hall–Kier alpha value is -0.480. The fourth-order valence-corrected chi connectivity index (χ4v) is 2.91. The van der Waals surface area contributed by atoms with E-state index in [2.05, 4.69) is 10.6 Å². The largest absolute Gasteiger partial charge is 0.349 e. The minimum absolute atomic E-state index is 0. The first-order chi connectivity index (χ1) is 9.08. The van der Waals surface area contributed by atoms with Crippen molar-refractivity contribution in [2.45, 2.75) is 25.8 Å². The molecule has 112 valence electrons. The number of carbonyl (C=O) groups is 1. The van der Waals surface area contributed by atoms with E-state index in [9.17, 15) is 4.79 Å². The molecule has 1 amide bonds. The Bertz CT molecular complexity index is 462. The van der Waals surface area contributed by atoms with Crippen molar-refractivity contribution < 1.29 is 4.79 Å². The lowest BCUT2D eigenvalue weighted by Crippen LogP contribution is -2.41. The molecule has 1 heterocycles. The minimum atomic E-state index is -0.112. The quantitative estimate of drug-likeness (QED) is 0.885. The number of halogens is 3. The maximum Gasteiger partial charge on any atom is 0.224 e. The average Bonchev–Trinajstić information content (AvgIpc) is 2.39. The first-order valence-electron chi connectivity index (χ1n) is 6.54. The zero-order chi connectivity index (χ0) is 13.8. The third-order valence-corrected chi connectivity index (χ3v) is 4.02. The van der Waals surface area contributed by atoms with Gasteiger partial charge in [0.15, 0.2) is 0 Å². The molecular formula is C14H19Cl3N2O. The Kier molecular flexibility index (Phi) is 7.10. The van der Waals surface area contributed by atoms with Gasteiger partial charge in [0.2, 0.25) is 5.91 Å². The Balaban J connectivity index is 0.00000200. The topological polar surface area (TPSA) is 41.1 Å². The van der Waals surface area contributed by atoms with Crippen LogP contribution >= 0.6 is 35.6 Å². The molecular weight excluding hydrogens is 319 g/mol. The number of hydrogen-bond donors (Lipinski definition) is 2. The van der Waals surface area contributed by atoms with E-state index >= 15 is 0 Å². The van der Waals surface area contributed by atoms with Gasteiger partial charge in [0.25, 0.3) is 0 Å². The number of rotatable bonds is 3. The second-order valence-electron chi connectivity index (χ2n) is 4.94. The van der Waals surface area contributed by atoms with E-state index < -0.39 is 0 Å². The smallest absolute Gasteiger partial charge is 0.224 e. The first kappa shape index (κ1) is 17.6. The molecule has 0 saturated carbocycles. The fourth-order valence-electron chi connectivity index (χ4n) is 2.34. The van der Waals surface area contributed by atoms with E-state index in [1.807, 2.05) is 13.0 Å². The van der Waals surface area contributed by atoms with Crippen LogP contribution in [0.4, 0.5) is 0 Å². The van der Waals surface area contributed by atoms with Crippen molar-refractivity contribution in [3.05, 3.63) is 33.8 Å². The molecule has 6 heteroatoms. The summed E-state index contributed by atoms with van der Waals surface area (Å²) in [5.74, 6) is 0.146. The summed E-state index contributed by atoms with van der Waals surface area (Å²) >= 11 is 12.0. The normalized spacial score (nSPS) is 19.9. The van der Waals surface area contributed by atoms with Gasteiger partial charge in [-0.05, 0) is 44.0 Å². The number of nitrogens with one attached hydrogen (secondary N) is 2. The number of hydrogen-bond acceptors (Lipinski definition) is 2. The molecule has 0 aromatic heterocycles. The fraction of sp³-hybridized carbons (Fsp3) is 0.500. The van der Waals surface area contributed by atoms with E-state index in [0.29, 0.717) is 10.0 Å². The standard InChI is InChI=1S/C14H18Cl2N2O.ClH/c1-9(12-5-4-11(15)7-13(12)16)18-14(19)10-3-2-6-17-8-10;/h4-5,7,9-10,17H,2-3,6,8H2,1H3,(H,18,19);1H. The number of carbonyl (C=O) groups excluding carboxylic acids is 1. The molecule has 1 fully saturated rings. The number of piperidine rings is 1. The van der Waals surface area contributed by atoms with Crippen molar-refractivity contribution in [1.82, 2.24) is 10.6 Å². The molecule has 20 heavy (non-hydrogen) atoms. The molecule has 2 atom stereocenters. The lowest BCUT2D eigenvalue weighted by Gasteiger charge is -2.24. The highest BCUT2D eigenvalue weighted by Gasteiger charge is 2.22. The van der Waals surface area contributed by atoms with E-state index in [0.717, 1.165) is 31.5 Å². The van der Waals surface area contributed by atoms with Crippen LogP contribution in [0, 0.1) is 5.92 Å². The molecule has 1 saturated heterocycles. The van der Waals surface area contributed by atoms with Crippen molar-refractivity contribution >= 4 is 41.5 Å². The SMILES string of the molecule is CC(NC(=O)C1CCCNC1)c1ccc(Cl)cc1Cl.Cl. The van der Waals surface area contributed by atoms with Gasteiger partial charge in [-0.1, -0.05) is 29.3 Å². The third-order valence-electron chi connectivity index (χ3n) is 3.46. The molecule has 2 unspecified atom stereocenters. The Morgan fingerprint density at radius 1 is 1.45 bits per heavy atom. The van der Waals surface area contributed by atoms with Gasteiger partial charge < -0.3 is 10.6 Å². The molecule has 1 aliphatic rings. The predicted octanol–water partition coefficient (Wildman–Crippen LogP) is 3.59. The Labute approximate surface area is 135 Å². The summed E-state index contributed by atoms with van der Waals surface area (Å²) < 4.78 is 0. The maximum absolute atomic E-state index is 12.1. The maximum atomic E-state index is 12.1. The van der Waals surface area contributed by atoms with Crippen molar-refractivity contribution in [3.8, 4) is 0 Å². The van der Waals surface area contributed by atoms with Crippen molar-refractivity contribution in [2.24, 2.45) is 5.92 Å². The van der Waals surface area contributed by atoms with Gasteiger partial charge in [-0.3, -0.25) is 4.79 Å². The van der Waals surface area contributed by atoms with Gasteiger partial charge in [-0.2, -0.15) is 0 Å². The van der Waals surface area contributed by atoms with E-state index in [-0.39, 0.29) is 30.3 Å². The van der Waals surface area contributed by atoms with Crippen LogP contribution in [0.1, 0.15) is 31.4 Å². The van der Waals surface area contributed by atoms with E-state index in [1.54, 1.807) is 12.1 Å². The molecule has 1 aliphatic heterocycles. The molecule has 2 N–H and O–H groups in total. The summed E-state index contributed by atoms with van der Waals surface area (Å²) in [5, 5.41) is 7.45. The van der Waals surface area contributed by atoms with Crippen LogP contribution < -0.4 is 10.6 Å². The van der Waals surface area contributed by atoms with Crippen LogP contribution in [-0.4, -0.2) is 19.0 Å². The molecule has 1 aromatic rings. The Morgan fingerprint density at radius 3 is 2.80 bits per heavy atom. The summed E-state index contributed by atoms with van der Waals surface area (Å²) in [6, 6.07) is 5.23. The van der Waals surface area contributed by atoms with Gasteiger partial charge in [-0.25, -0.2) is 0 Å². The molecule has 0 spiro atoms. The zero-order valence-electron chi connectivity index (χ0n) is 11.3. The Morgan fingerprint density at radius 2 is 2.20 bits per heavy atom. The van der Waals surface area contributed by atoms with Gasteiger partial charge >= 0.3 is 0 Å². The highest BCUT2D eigenvalue weighted by Crippen LogP contribution is 2.26. The molecule has 3 nitrogen and oxygen atoms in total. The van der Waals surface area contributed by atoms with Gasteiger partial charge in [0.1, 0.15) is 0 Å². The van der Waals surface area contributed by atoms with Crippen LogP contribution in [0.15, 0.2) is 18.2 Å². The van der Waals surface area contributed by atoms with Crippen LogP contribution in [0.3, 0.4) is 0 Å². The molecule has 1 aromatic carbocycles. The van der Waals surface area contributed by atoms with Crippen LogP contribution in [0.25, 0.3) is 0 Å². The van der Waals surface area contributed by atoms with Gasteiger partial charge in [0, 0.05) is 16.6 Å². The van der Waals surface area contributed by atoms with E-state index in [1.165, 1.54) is 0 Å². The second-order valence-corrected chi connectivity index (χ2v) is 5.78. The summed E-state index contributed by atoms with van der Waals surface area (Å²) in [4.78, 5) is 12.1. The summed E-state index contributed by atoms with van der Waals surface area (Å²) in [5.41, 5.74) is 0.892. The molecule has 0 aliphatic carbocycles. The van der Waals surface area contributed by atoms with Crippen molar-refractivity contribution in [2.75, 3.05) is 13.1 Å². The summed E-state index contributed by atoms with van der Waals surface area (Å²) in [7, 11) is 0. The summed E-state index contributed by atoms with van der Waals surface area (Å²) in [6.45, 7) is 3.69. The number of benzene rings is 1. The van der Waals surface area contributed by atoms with Crippen LogP contribution in [0.5, 0.6) is 0 Å². The van der Waals surface area contributed by atoms with E-state index in [4.69, 9.17) is 23.2 Å². The molecule has 0 bridgehead atoms. The monoisotopic (exact) mass is 336 g/mol. The molecule has 0 radical (unpaired) electrons. The highest BCUT2D eigenvalue weighted by atomic mass is 35.5.